The number of benzene rings is 1. The number of rotatable bonds is 7. The van der Waals surface area contributed by atoms with Crippen molar-refractivity contribution in [3.05, 3.63) is 22.7 Å². The first kappa shape index (κ1) is 15.6. The summed E-state index contributed by atoms with van der Waals surface area (Å²) >= 11 is 6.11. The van der Waals surface area contributed by atoms with E-state index in [4.69, 9.17) is 37.3 Å². The molecule has 1 rings (SSSR count). The van der Waals surface area contributed by atoms with Crippen molar-refractivity contribution in [2.75, 3.05) is 27.4 Å². The summed E-state index contributed by atoms with van der Waals surface area (Å²) in [5, 5.41) is 0.438. The Labute approximate surface area is 116 Å². The Balaban J connectivity index is 2.84. The second kappa shape index (κ2) is 7.18. The highest BCUT2D eigenvalue weighted by Crippen LogP contribution is 2.35. The number of hydrogen-bond acceptors (Lipinski definition) is 5. The van der Waals surface area contributed by atoms with Crippen molar-refractivity contribution in [1.82, 2.24) is 0 Å². The SMILES string of the molecule is COc1cc(Cl)c(C(N)COCC(N)=O)cc1OC. The van der Waals surface area contributed by atoms with Gasteiger partial charge in [-0.25, -0.2) is 0 Å². The smallest absolute Gasteiger partial charge is 0.243 e. The monoisotopic (exact) mass is 288 g/mol. The third-order valence-electron chi connectivity index (χ3n) is 2.44. The number of primary amides is 1. The minimum atomic E-state index is -0.550. The van der Waals surface area contributed by atoms with Crippen LogP contribution in [-0.2, 0) is 9.53 Å². The Hall–Kier alpha value is -1.50. The molecule has 4 N–H and O–H groups in total. The lowest BCUT2D eigenvalue weighted by Crippen LogP contribution is -2.23. The second-order valence-electron chi connectivity index (χ2n) is 3.82. The van der Waals surface area contributed by atoms with Crippen LogP contribution < -0.4 is 20.9 Å². The molecule has 6 nitrogen and oxygen atoms in total. The maximum absolute atomic E-state index is 10.6. The number of nitrogens with two attached hydrogens (primary N) is 2. The summed E-state index contributed by atoms with van der Waals surface area (Å²) in [6.07, 6.45) is 0. The van der Waals surface area contributed by atoms with Gasteiger partial charge in [-0.1, -0.05) is 11.6 Å². The van der Waals surface area contributed by atoms with E-state index in [0.29, 0.717) is 22.1 Å². The fraction of sp³-hybridized carbons (Fsp3) is 0.417. The minimum Gasteiger partial charge on any atom is -0.493 e. The summed E-state index contributed by atoms with van der Waals surface area (Å²) in [5.74, 6) is 0.486. The first-order chi connectivity index (χ1) is 8.99. The van der Waals surface area contributed by atoms with E-state index in [-0.39, 0.29) is 13.2 Å². The zero-order valence-corrected chi connectivity index (χ0v) is 11.6. The Bertz CT molecular complexity index is 454. The fourth-order valence-electron chi connectivity index (χ4n) is 1.53. The summed E-state index contributed by atoms with van der Waals surface area (Å²) in [4.78, 5) is 10.6. The molecule has 0 saturated carbocycles. The summed E-state index contributed by atoms with van der Waals surface area (Å²) in [6, 6.07) is 2.80. The molecular formula is C12H17ClN2O4. The van der Waals surface area contributed by atoms with Crippen molar-refractivity contribution in [2.45, 2.75) is 6.04 Å². The molecule has 0 heterocycles. The lowest BCUT2D eigenvalue weighted by molar-refractivity contribution is -0.122. The fourth-order valence-corrected chi connectivity index (χ4v) is 1.82. The van der Waals surface area contributed by atoms with E-state index in [9.17, 15) is 4.79 Å². The molecule has 1 unspecified atom stereocenters. The van der Waals surface area contributed by atoms with Crippen LogP contribution in [0, 0.1) is 0 Å². The van der Waals surface area contributed by atoms with Crippen LogP contribution in [0.15, 0.2) is 12.1 Å². The van der Waals surface area contributed by atoms with Crippen molar-refractivity contribution >= 4 is 17.5 Å². The normalized spacial score (nSPS) is 12.0. The molecule has 106 valence electrons. The van der Waals surface area contributed by atoms with Gasteiger partial charge in [-0.3, -0.25) is 4.79 Å². The van der Waals surface area contributed by atoms with E-state index < -0.39 is 11.9 Å². The summed E-state index contributed by atoms with van der Waals surface area (Å²) < 4.78 is 15.4. The number of carbonyl (C=O) groups is 1. The van der Waals surface area contributed by atoms with Crippen LogP contribution >= 0.6 is 11.6 Å². The van der Waals surface area contributed by atoms with Crippen LogP contribution in [0.5, 0.6) is 11.5 Å². The third kappa shape index (κ3) is 4.27. The summed E-state index contributed by atoms with van der Waals surface area (Å²) in [5.41, 5.74) is 11.5. The summed E-state index contributed by atoms with van der Waals surface area (Å²) in [6.45, 7) is -0.0588. The van der Waals surface area contributed by atoms with Crippen LogP contribution in [0.3, 0.4) is 0 Å². The van der Waals surface area contributed by atoms with Gasteiger partial charge in [0.25, 0.3) is 0 Å². The molecule has 0 fully saturated rings. The Morgan fingerprint density at radius 1 is 1.32 bits per heavy atom. The van der Waals surface area contributed by atoms with Crippen LogP contribution in [0.4, 0.5) is 0 Å². The van der Waals surface area contributed by atoms with Crippen LogP contribution in [-0.4, -0.2) is 33.3 Å². The highest BCUT2D eigenvalue weighted by atomic mass is 35.5. The van der Waals surface area contributed by atoms with Crippen LogP contribution in [0.25, 0.3) is 0 Å². The lowest BCUT2D eigenvalue weighted by Gasteiger charge is -2.16. The number of amides is 1. The van der Waals surface area contributed by atoms with Gasteiger partial charge in [-0.15, -0.1) is 0 Å². The van der Waals surface area contributed by atoms with Gasteiger partial charge in [0.1, 0.15) is 6.61 Å². The molecule has 0 aliphatic carbocycles. The molecule has 1 aromatic rings. The van der Waals surface area contributed by atoms with Gasteiger partial charge in [-0.2, -0.15) is 0 Å². The van der Waals surface area contributed by atoms with Crippen molar-refractivity contribution in [3.63, 3.8) is 0 Å². The van der Waals surface area contributed by atoms with Crippen LogP contribution in [0.1, 0.15) is 11.6 Å². The van der Waals surface area contributed by atoms with Gasteiger partial charge in [0.15, 0.2) is 11.5 Å². The molecule has 1 amide bonds. The molecule has 0 spiro atoms. The largest absolute Gasteiger partial charge is 0.493 e. The number of halogens is 1. The third-order valence-corrected chi connectivity index (χ3v) is 2.77. The molecule has 0 bridgehead atoms. The number of carbonyl (C=O) groups excluding carboxylic acids is 1. The Morgan fingerprint density at radius 2 is 1.89 bits per heavy atom. The van der Waals surface area contributed by atoms with Gasteiger partial charge in [0.05, 0.1) is 26.9 Å². The molecule has 0 aliphatic heterocycles. The van der Waals surface area contributed by atoms with E-state index in [1.165, 1.54) is 14.2 Å². The topological polar surface area (TPSA) is 96.8 Å². The van der Waals surface area contributed by atoms with Gasteiger partial charge in [0, 0.05) is 11.1 Å². The zero-order valence-electron chi connectivity index (χ0n) is 10.8. The maximum atomic E-state index is 10.6. The standard InChI is InChI=1S/C12H17ClN2O4/c1-17-10-3-7(8(13)4-11(10)18-2)9(14)5-19-6-12(15)16/h3-4,9H,5-6,14H2,1-2H3,(H2,15,16). The zero-order chi connectivity index (χ0) is 14.4. The molecule has 0 aliphatic rings. The van der Waals surface area contributed by atoms with Gasteiger partial charge >= 0.3 is 0 Å². The lowest BCUT2D eigenvalue weighted by atomic mass is 10.1. The molecule has 1 aromatic carbocycles. The van der Waals surface area contributed by atoms with E-state index in [1.54, 1.807) is 12.1 Å². The molecule has 0 radical (unpaired) electrons. The first-order valence-corrected chi connectivity index (χ1v) is 5.90. The average Bonchev–Trinajstić information content (AvgIpc) is 2.37. The van der Waals surface area contributed by atoms with E-state index in [1.807, 2.05) is 0 Å². The van der Waals surface area contributed by atoms with Gasteiger partial charge in [-0.05, 0) is 11.6 Å². The Kier molecular flexibility index (Phi) is 5.88. The van der Waals surface area contributed by atoms with Crippen molar-refractivity contribution in [2.24, 2.45) is 11.5 Å². The second-order valence-corrected chi connectivity index (χ2v) is 4.22. The number of hydrogen-bond donors (Lipinski definition) is 2. The quantitative estimate of drug-likeness (QED) is 0.775. The van der Waals surface area contributed by atoms with Gasteiger partial charge < -0.3 is 25.7 Å². The molecule has 19 heavy (non-hydrogen) atoms. The van der Waals surface area contributed by atoms with Crippen molar-refractivity contribution < 1.29 is 19.0 Å². The van der Waals surface area contributed by atoms with E-state index in [0.717, 1.165) is 0 Å². The molecule has 0 aromatic heterocycles. The molecular weight excluding hydrogens is 272 g/mol. The molecule has 1 atom stereocenters. The highest BCUT2D eigenvalue weighted by Gasteiger charge is 2.15. The van der Waals surface area contributed by atoms with E-state index >= 15 is 0 Å². The first-order valence-electron chi connectivity index (χ1n) is 5.52. The molecule has 7 heteroatoms. The predicted molar refractivity (Wildman–Crippen MR) is 71.5 cm³/mol. The predicted octanol–water partition coefficient (Wildman–Crippen LogP) is 0.859. The Morgan fingerprint density at radius 3 is 2.42 bits per heavy atom. The number of methoxy groups -OCH3 is 2. The van der Waals surface area contributed by atoms with Crippen molar-refractivity contribution in [3.8, 4) is 11.5 Å². The minimum absolute atomic E-state index is 0.123. The maximum Gasteiger partial charge on any atom is 0.243 e. The van der Waals surface area contributed by atoms with Crippen molar-refractivity contribution in [1.29, 1.82) is 0 Å². The summed E-state index contributed by atoms with van der Waals surface area (Å²) in [7, 11) is 3.04. The molecule has 0 saturated heterocycles. The van der Waals surface area contributed by atoms with Crippen LogP contribution in [0.2, 0.25) is 5.02 Å². The number of ether oxygens (including phenoxy) is 3. The van der Waals surface area contributed by atoms with Gasteiger partial charge in [0.2, 0.25) is 5.91 Å². The average molecular weight is 289 g/mol. The highest BCUT2D eigenvalue weighted by molar-refractivity contribution is 6.31. The van der Waals surface area contributed by atoms with E-state index in [2.05, 4.69) is 0 Å².